The van der Waals surface area contributed by atoms with Gasteiger partial charge in [-0.25, -0.2) is 0 Å². The van der Waals surface area contributed by atoms with E-state index in [4.69, 9.17) is 5.73 Å². The van der Waals surface area contributed by atoms with Gasteiger partial charge < -0.3 is 16.4 Å². The molecule has 0 aromatic heterocycles. The second-order valence-electron chi connectivity index (χ2n) is 7.44. The lowest BCUT2D eigenvalue weighted by Gasteiger charge is -2.20. The van der Waals surface area contributed by atoms with Crippen LogP contribution in [0.15, 0.2) is 42.5 Å². The van der Waals surface area contributed by atoms with Gasteiger partial charge in [0.1, 0.15) is 0 Å². The molecule has 6 nitrogen and oxygen atoms in total. The molecule has 2 amide bonds. The number of unbranched alkanes of at least 4 members (excludes halogenated alkanes) is 1. The molecule has 2 rings (SSSR count). The number of hydrogen-bond acceptors (Lipinski definition) is 5. The van der Waals surface area contributed by atoms with E-state index in [0.717, 1.165) is 29.2 Å². The molecule has 30 heavy (non-hydrogen) atoms. The van der Waals surface area contributed by atoms with Gasteiger partial charge in [-0.2, -0.15) is 12.6 Å². The zero-order chi connectivity index (χ0) is 21.9. The number of amides is 2. The molecule has 0 saturated carbocycles. The summed E-state index contributed by atoms with van der Waals surface area (Å²) in [7, 11) is 0. The summed E-state index contributed by atoms with van der Waals surface area (Å²) >= 11 is 4.16. The SMILES string of the molecule is CC(=O)N[C@@H](CS)C(=O)CC(CCCCN)C(=O)NCc1cccc2ccccc12. The van der Waals surface area contributed by atoms with Crippen LogP contribution in [0, 0.1) is 5.92 Å². The molecule has 1 unspecified atom stereocenters. The van der Waals surface area contributed by atoms with Crippen molar-refractivity contribution in [3.05, 3.63) is 48.0 Å². The molecule has 2 atom stereocenters. The van der Waals surface area contributed by atoms with Gasteiger partial charge in [-0.15, -0.1) is 0 Å². The normalized spacial score (nSPS) is 12.9. The van der Waals surface area contributed by atoms with E-state index >= 15 is 0 Å². The van der Waals surface area contributed by atoms with Crippen LogP contribution in [-0.2, 0) is 20.9 Å². The first-order valence-corrected chi connectivity index (χ1v) is 10.9. The quantitative estimate of drug-likeness (QED) is 0.308. The maximum atomic E-state index is 12.9. The molecule has 0 heterocycles. The molecule has 0 radical (unpaired) electrons. The molecule has 162 valence electrons. The van der Waals surface area contributed by atoms with E-state index < -0.39 is 12.0 Å². The van der Waals surface area contributed by atoms with E-state index in [2.05, 4.69) is 23.3 Å². The lowest BCUT2D eigenvalue weighted by atomic mass is 9.92. The minimum atomic E-state index is -0.686. The Kier molecular flexibility index (Phi) is 9.83. The van der Waals surface area contributed by atoms with Crippen LogP contribution in [0.3, 0.4) is 0 Å². The Morgan fingerprint density at radius 3 is 2.50 bits per heavy atom. The number of nitrogens with one attached hydrogen (secondary N) is 2. The summed E-state index contributed by atoms with van der Waals surface area (Å²) in [5, 5.41) is 7.81. The fourth-order valence-corrected chi connectivity index (χ4v) is 3.79. The van der Waals surface area contributed by atoms with Gasteiger partial charge in [0.2, 0.25) is 11.8 Å². The number of Topliss-reactive ketones (excluding diaryl/α,β-unsaturated/α-hetero) is 1. The van der Waals surface area contributed by atoms with E-state index in [1.807, 2.05) is 42.5 Å². The number of fused-ring (bicyclic) bond motifs is 1. The Labute approximate surface area is 183 Å². The van der Waals surface area contributed by atoms with Crippen molar-refractivity contribution in [2.24, 2.45) is 11.7 Å². The number of rotatable bonds is 12. The monoisotopic (exact) mass is 429 g/mol. The van der Waals surface area contributed by atoms with Crippen LogP contribution in [0.5, 0.6) is 0 Å². The Morgan fingerprint density at radius 2 is 1.80 bits per heavy atom. The zero-order valence-electron chi connectivity index (χ0n) is 17.4. The summed E-state index contributed by atoms with van der Waals surface area (Å²) in [6.07, 6.45) is 2.20. The fraction of sp³-hybridized carbons (Fsp3) is 0.435. The summed E-state index contributed by atoms with van der Waals surface area (Å²) in [5.41, 5.74) is 6.61. The molecule has 4 N–H and O–H groups in total. The maximum absolute atomic E-state index is 12.9. The van der Waals surface area contributed by atoms with E-state index in [1.165, 1.54) is 6.92 Å². The van der Waals surface area contributed by atoms with E-state index in [0.29, 0.717) is 19.5 Å². The predicted octanol–water partition coefficient (Wildman–Crippen LogP) is 2.59. The number of ketones is 1. The van der Waals surface area contributed by atoms with Gasteiger partial charge in [-0.3, -0.25) is 14.4 Å². The number of nitrogens with two attached hydrogens (primary N) is 1. The van der Waals surface area contributed by atoms with Gasteiger partial charge in [0, 0.05) is 31.6 Å². The topological polar surface area (TPSA) is 101 Å². The van der Waals surface area contributed by atoms with Crippen molar-refractivity contribution < 1.29 is 14.4 Å². The molecule has 2 aromatic rings. The van der Waals surface area contributed by atoms with Crippen molar-refractivity contribution in [3.8, 4) is 0 Å². The molecule has 0 spiro atoms. The molecule has 7 heteroatoms. The van der Waals surface area contributed by atoms with Gasteiger partial charge in [0.25, 0.3) is 0 Å². The molecule has 0 bridgehead atoms. The lowest BCUT2D eigenvalue weighted by Crippen LogP contribution is -2.43. The molecular weight excluding hydrogens is 398 g/mol. The van der Waals surface area contributed by atoms with Crippen LogP contribution in [0.4, 0.5) is 0 Å². The average Bonchev–Trinajstić information content (AvgIpc) is 2.74. The molecule has 2 aromatic carbocycles. The smallest absolute Gasteiger partial charge is 0.223 e. The number of hydrogen-bond donors (Lipinski definition) is 4. The van der Waals surface area contributed by atoms with Gasteiger partial charge in [-0.1, -0.05) is 48.9 Å². The third-order valence-corrected chi connectivity index (χ3v) is 5.47. The van der Waals surface area contributed by atoms with Crippen molar-refractivity contribution in [2.75, 3.05) is 12.3 Å². The van der Waals surface area contributed by atoms with Gasteiger partial charge in [-0.05, 0) is 35.7 Å². The first-order valence-electron chi connectivity index (χ1n) is 10.3. The minimum Gasteiger partial charge on any atom is -0.352 e. The second kappa shape index (κ2) is 12.3. The molecule has 0 saturated heterocycles. The summed E-state index contributed by atoms with van der Waals surface area (Å²) in [5.74, 6) is -0.893. The summed E-state index contributed by atoms with van der Waals surface area (Å²) < 4.78 is 0. The molecule has 0 fully saturated rings. The standard InChI is InChI=1S/C23H31N3O3S/c1-16(27)26-21(15-30)22(28)13-18(8-4-5-12-24)23(29)25-14-19-10-6-9-17-7-2-3-11-20(17)19/h2-3,6-7,9-11,18,21,30H,4-5,8,12-15,24H2,1H3,(H,25,29)(H,26,27)/t18?,21-/m0/s1. The van der Waals surface area contributed by atoms with Crippen LogP contribution in [0.2, 0.25) is 0 Å². The van der Waals surface area contributed by atoms with E-state index in [1.54, 1.807) is 0 Å². The number of carbonyl (C=O) groups excluding carboxylic acids is 3. The largest absolute Gasteiger partial charge is 0.352 e. The van der Waals surface area contributed by atoms with Crippen LogP contribution < -0.4 is 16.4 Å². The first-order chi connectivity index (χ1) is 14.5. The first kappa shape index (κ1) is 23.9. The van der Waals surface area contributed by atoms with E-state index in [-0.39, 0.29) is 29.8 Å². The number of benzene rings is 2. The third kappa shape index (κ3) is 7.15. The van der Waals surface area contributed by atoms with Crippen molar-refractivity contribution in [2.45, 2.75) is 45.2 Å². The van der Waals surface area contributed by atoms with E-state index in [9.17, 15) is 14.4 Å². The number of carbonyl (C=O) groups is 3. The Morgan fingerprint density at radius 1 is 1.07 bits per heavy atom. The molecular formula is C23H31N3O3S. The maximum Gasteiger partial charge on any atom is 0.223 e. The summed E-state index contributed by atoms with van der Waals surface area (Å²) in [6, 6.07) is 13.3. The van der Waals surface area contributed by atoms with Crippen molar-refractivity contribution in [3.63, 3.8) is 0 Å². The van der Waals surface area contributed by atoms with Crippen LogP contribution >= 0.6 is 12.6 Å². The molecule has 0 aliphatic carbocycles. The van der Waals surface area contributed by atoms with Gasteiger partial charge >= 0.3 is 0 Å². The summed E-state index contributed by atoms with van der Waals surface area (Å²) in [4.78, 5) is 36.9. The van der Waals surface area contributed by atoms with Crippen LogP contribution in [0.1, 0.15) is 38.2 Å². The third-order valence-electron chi connectivity index (χ3n) is 5.11. The molecule has 0 aliphatic rings. The van der Waals surface area contributed by atoms with Crippen LogP contribution in [-0.4, -0.2) is 35.9 Å². The van der Waals surface area contributed by atoms with Crippen molar-refractivity contribution >= 4 is 41.0 Å². The second-order valence-corrected chi connectivity index (χ2v) is 7.81. The predicted molar refractivity (Wildman–Crippen MR) is 123 cm³/mol. The minimum absolute atomic E-state index is 0.0669. The van der Waals surface area contributed by atoms with Crippen molar-refractivity contribution in [1.29, 1.82) is 0 Å². The fourth-order valence-electron chi connectivity index (χ4n) is 3.49. The number of thiol groups is 1. The lowest BCUT2D eigenvalue weighted by molar-refractivity contribution is -0.131. The zero-order valence-corrected chi connectivity index (χ0v) is 18.3. The highest BCUT2D eigenvalue weighted by Gasteiger charge is 2.26. The van der Waals surface area contributed by atoms with Crippen LogP contribution in [0.25, 0.3) is 10.8 Å². The van der Waals surface area contributed by atoms with Gasteiger partial charge in [0.15, 0.2) is 5.78 Å². The summed E-state index contributed by atoms with van der Waals surface area (Å²) in [6.45, 7) is 2.30. The highest BCUT2D eigenvalue weighted by molar-refractivity contribution is 7.80. The highest BCUT2D eigenvalue weighted by Crippen LogP contribution is 2.19. The Hall–Kier alpha value is -2.38. The Bertz CT molecular complexity index is 866. The Balaban J connectivity index is 2.06. The van der Waals surface area contributed by atoms with Crippen molar-refractivity contribution in [1.82, 2.24) is 10.6 Å². The highest BCUT2D eigenvalue weighted by atomic mass is 32.1. The van der Waals surface area contributed by atoms with Gasteiger partial charge in [0.05, 0.1) is 6.04 Å². The average molecular weight is 430 g/mol. The molecule has 0 aliphatic heterocycles.